The van der Waals surface area contributed by atoms with Crippen molar-refractivity contribution in [2.75, 3.05) is 17.3 Å². The molecule has 0 saturated carbocycles. The van der Waals surface area contributed by atoms with Crippen molar-refractivity contribution in [2.45, 2.75) is 25.2 Å². The lowest BCUT2D eigenvalue weighted by Crippen LogP contribution is -2.16. The third kappa shape index (κ3) is 5.50. The van der Waals surface area contributed by atoms with E-state index >= 15 is 0 Å². The lowest BCUT2D eigenvalue weighted by atomic mass is 10.1. The minimum absolute atomic E-state index is 0.0429. The molecule has 0 saturated heterocycles. The summed E-state index contributed by atoms with van der Waals surface area (Å²) in [7, 11) is 0. The maximum atomic E-state index is 12.6. The molecule has 162 valence electrons. The number of aryl methyl sites for hydroxylation is 2. The van der Waals surface area contributed by atoms with E-state index in [9.17, 15) is 4.79 Å². The van der Waals surface area contributed by atoms with Crippen LogP contribution in [0.5, 0.6) is 0 Å². The molecule has 0 spiro atoms. The molecule has 0 atom stereocenters. The average Bonchev–Trinajstić information content (AvgIpc) is 2.98. The zero-order valence-electron chi connectivity index (χ0n) is 18.4. The number of nitrogens with one attached hydrogen (secondary N) is 1. The summed E-state index contributed by atoms with van der Waals surface area (Å²) >= 11 is 3.13. The Morgan fingerprint density at radius 3 is 2.38 bits per heavy atom. The zero-order valence-corrected chi connectivity index (χ0v) is 20.0. The molecule has 1 aliphatic heterocycles. The van der Waals surface area contributed by atoms with Gasteiger partial charge in [0.1, 0.15) is 0 Å². The number of thioether (sulfide) groups is 2. The van der Waals surface area contributed by atoms with Gasteiger partial charge in [0.2, 0.25) is 5.91 Å². The van der Waals surface area contributed by atoms with Gasteiger partial charge in [-0.1, -0.05) is 36.4 Å². The van der Waals surface area contributed by atoms with Gasteiger partial charge in [0.15, 0.2) is 0 Å². The second kappa shape index (κ2) is 10.2. The van der Waals surface area contributed by atoms with Crippen LogP contribution in [0.25, 0.3) is 0 Å². The van der Waals surface area contributed by atoms with Gasteiger partial charge in [-0.2, -0.15) is 0 Å². The third-order valence-corrected chi connectivity index (χ3v) is 6.94. The van der Waals surface area contributed by atoms with Crippen LogP contribution in [0.1, 0.15) is 23.1 Å². The molecule has 3 aromatic rings. The molecule has 1 heterocycles. The van der Waals surface area contributed by atoms with Crippen LogP contribution < -0.4 is 5.32 Å². The van der Waals surface area contributed by atoms with Gasteiger partial charge in [-0.3, -0.25) is 9.79 Å². The second-order valence-corrected chi connectivity index (χ2v) is 9.53. The molecule has 4 nitrogen and oxygen atoms in total. The predicted molar refractivity (Wildman–Crippen MR) is 140 cm³/mol. The highest BCUT2D eigenvalue weighted by molar-refractivity contribution is 8.14. The van der Waals surface area contributed by atoms with Gasteiger partial charge in [-0.05, 0) is 67.1 Å². The largest absolute Gasteiger partial charge is 0.325 e. The molecule has 6 heteroatoms. The van der Waals surface area contributed by atoms with Gasteiger partial charge in [0, 0.05) is 17.0 Å². The van der Waals surface area contributed by atoms with Crippen molar-refractivity contribution in [2.24, 2.45) is 9.98 Å². The molecule has 3 aromatic carbocycles. The molecule has 0 aromatic heterocycles. The van der Waals surface area contributed by atoms with Crippen LogP contribution in [0.2, 0.25) is 0 Å². The number of nitrogens with zero attached hydrogens (tertiary/aromatic N) is 2. The molecule has 1 amide bonds. The molecular weight excluding hydrogens is 434 g/mol. The van der Waals surface area contributed by atoms with Crippen LogP contribution >= 0.6 is 23.5 Å². The minimum atomic E-state index is -0.0429. The summed E-state index contributed by atoms with van der Waals surface area (Å²) in [5, 5.41) is 3.88. The first kappa shape index (κ1) is 22.4. The van der Waals surface area contributed by atoms with Gasteiger partial charge in [0.25, 0.3) is 0 Å². The van der Waals surface area contributed by atoms with E-state index in [-0.39, 0.29) is 5.91 Å². The summed E-state index contributed by atoms with van der Waals surface area (Å²) in [6, 6.07) is 22.2. The lowest BCUT2D eigenvalue weighted by Gasteiger charge is -2.09. The first-order valence-electron chi connectivity index (χ1n) is 10.4. The first-order valence-corrected chi connectivity index (χ1v) is 12.6. The number of amides is 1. The highest BCUT2D eigenvalue weighted by atomic mass is 32.2. The molecule has 1 aliphatic rings. The average molecular weight is 460 g/mol. The number of aliphatic imine (C=N–C) groups is 2. The molecule has 0 radical (unpaired) electrons. The molecule has 0 fully saturated rings. The number of anilines is 1. The smallest absolute Gasteiger partial charge is 0.234 e. The first-order chi connectivity index (χ1) is 15.5. The standard InChI is InChI=1S/C26H25N3OS2/c1-17-12-23-24(13-18(17)2)29-26(15-22(28-23)19-8-5-4-6-9-19)32-16-25(30)27-20-10-7-11-21(14-20)31-3/h4-14H,15-16H2,1-3H3,(H,27,30). The topological polar surface area (TPSA) is 53.8 Å². The van der Waals surface area contributed by atoms with Gasteiger partial charge in [-0.25, -0.2) is 4.99 Å². The molecular formula is C26H25N3OS2. The van der Waals surface area contributed by atoms with Crippen molar-refractivity contribution < 1.29 is 4.79 Å². The van der Waals surface area contributed by atoms with Gasteiger partial charge < -0.3 is 5.32 Å². The number of carbonyl (C=O) groups is 1. The summed E-state index contributed by atoms with van der Waals surface area (Å²) in [5.41, 5.74) is 6.96. The van der Waals surface area contributed by atoms with Crippen LogP contribution in [0.4, 0.5) is 17.1 Å². The number of fused-ring (bicyclic) bond motifs is 1. The maximum Gasteiger partial charge on any atom is 0.234 e. The zero-order chi connectivity index (χ0) is 22.5. The monoisotopic (exact) mass is 459 g/mol. The van der Waals surface area contributed by atoms with Crippen molar-refractivity contribution in [1.82, 2.24) is 0 Å². The Morgan fingerprint density at radius 2 is 1.66 bits per heavy atom. The molecule has 0 bridgehead atoms. The highest BCUT2D eigenvalue weighted by Crippen LogP contribution is 2.36. The van der Waals surface area contributed by atoms with Gasteiger partial charge >= 0.3 is 0 Å². The molecule has 4 rings (SSSR count). The Kier molecular flexibility index (Phi) is 7.12. The summed E-state index contributed by atoms with van der Waals surface area (Å²) in [6.07, 6.45) is 2.62. The Labute approximate surface area is 197 Å². The van der Waals surface area contributed by atoms with Crippen LogP contribution in [-0.2, 0) is 4.79 Å². The number of rotatable bonds is 5. The predicted octanol–water partition coefficient (Wildman–Crippen LogP) is 6.95. The van der Waals surface area contributed by atoms with Crippen molar-refractivity contribution in [3.8, 4) is 0 Å². The van der Waals surface area contributed by atoms with Crippen LogP contribution in [-0.4, -0.2) is 28.7 Å². The summed E-state index contributed by atoms with van der Waals surface area (Å²) in [4.78, 5) is 23.6. The van der Waals surface area contributed by atoms with E-state index in [2.05, 4.69) is 43.4 Å². The van der Waals surface area contributed by atoms with Crippen molar-refractivity contribution in [1.29, 1.82) is 0 Å². The number of carbonyl (C=O) groups excluding carboxylic acids is 1. The fourth-order valence-corrected chi connectivity index (χ4v) is 4.63. The molecule has 32 heavy (non-hydrogen) atoms. The number of benzene rings is 3. The van der Waals surface area contributed by atoms with Crippen molar-refractivity contribution in [3.05, 3.63) is 83.4 Å². The van der Waals surface area contributed by atoms with Crippen LogP contribution in [0.3, 0.4) is 0 Å². The van der Waals surface area contributed by atoms with E-state index < -0.39 is 0 Å². The SMILES string of the molecule is CSc1cccc(NC(=O)CSC2=Nc3cc(C)c(C)cc3N=C(c3ccccc3)C2)c1. The fraction of sp³-hybridized carbons (Fsp3) is 0.192. The Bertz CT molecular complexity index is 1200. The van der Waals surface area contributed by atoms with Gasteiger partial charge in [-0.15, -0.1) is 23.5 Å². The van der Waals surface area contributed by atoms with E-state index in [4.69, 9.17) is 9.98 Å². The van der Waals surface area contributed by atoms with E-state index in [1.54, 1.807) is 11.8 Å². The third-order valence-electron chi connectivity index (χ3n) is 5.24. The fourth-order valence-electron chi connectivity index (χ4n) is 3.39. The summed E-state index contributed by atoms with van der Waals surface area (Å²) in [5.74, 6) is 0.253. The van der Waals surface area contributed by atoms with Gasteiger partial charge in [0.05, 0.1) is 27.9 Å². The quantitative estimate of drug-likeness (QED) is 0.420. The van der Waals surface area contributed by atoms with Crippen molar-refractivity contribution >= 4 is 57.2 Å². The van der Waals surface area contributed by atoms with Crippen LogP contribution in [0.15, 0.2) is 81.6 Å². The Balaban J connectivity index is 1.55. The molecule has 0 aliphatic carbocycles. The molecule has 1 N–H and O–H groups in total. The normalized spacial score (nSPS) is 13.0. The summed E-state index contributed by atoms with van der Waals surface area (Å²) < 4.78 is 0. The number of hydrogen-bond acceptors (Lipinski definition) is 5. The van der Waals surface area contributed by atoms with E-state index in [0.717, 1.165) is 38.3 Å². The Morgan fingerprint density at radius 1 is 0.938 bits per heavy atom. The minimum Gasteiger partial charge on any atom is -0.325 e. The lowest BCUT2D eigenvalue weighted by molar-refractivity contribution is -0.113. The van der Waals surface area contributed by atoms with Crippen LogP contribution in [0, 0.1) is 13.8 Å². The summed E-state index contributed by atoms with van der Waals surface area (Å²) in [6.45, 7) is 4.18. The number of hydrogen-bond donors (Lipinski definition) is 1. The Hall–Kier alpha value is -2.83. The second-order valence-electron chi connectivity index (χ2n) is 7.60. The van der Waals surface area contributed by atoms with Crippen molar-refractivity contribution in [3.63, 3.8) is 0 Å². The maximum absolute atomic E-state index is 12.6. The van der Waals surface area contributed by atoms with E-state index in [1.165, 1.54) is 22.9 Å². The van der Waals surface area contributed by atoms with E-state index in [1.807, 2.05) is 48.7 Å². The molecule has 0 unspecified atom stereocenters. The van der Waals surface area contributed by atoms with E-state index in [0.29, 0.717) is 12.2 Å². The highest BCUT2D eigenvalue weighted by Gasteiger charge is 2.17.